The first kappa shape index (κ1) is 17.3. The van der Waals surface area contributed by atoms with E-state index in [2.05, 4.69) is 13.8 Å². The molecule has 0 N–H and O–H groups in total. The molecule has 24 heavy (non-hydrogen) atoms. The van der Waals surface area contributed by atoms with Crippen molar-refractivity contribution in [2.45, 2.75) is 31.6 Å². The van der Waals surface area contributed by atoms with Crippen LogP contribution in [0.4, 0.5) is 0 Å². The Kier molecular flexibility index (Phi) is 4.90. The molecule has 0 unspecified atom stereocenters. The summed E-state index contributed by atoms with van der Waals surface area (Å²) in [5.41, 5.74) is 0.572. The Bertz CT molecular complexity index is 623. The van der Waals surface area contributed by atoms with Gasteiger partial charge in [0.25, 0.3) is 5.91 Å². The fourth-order valence-electron chi connectivity index (χ4n) is 3.33. The first-order chi connectivity index (χ1) is 11.4. The molecule has 5 heteroatoms. The van der Waals surface area contributed by atoms with Crippen LogP contribution in [0.15, 0.2) is 29.2 Å². The Morgan fingerprint density at radius 2 is 1.88 bits per heavy atom. The minimum atomic E-state index is -0.0874. The molecule has 1 aliphatic heterocycles. The van der Waals surface area contributed by atoms with Gasteiger partial charge in [0, 0.05) is 30.1 Å². The van der Waals surface area contributed by atoms with Crippen molar-refractivity contribution in [3.63, 3.8) is 0 Å². The Hall–Kier alpha value is -1.49. The topological polar surface area (TPSA) is 40.6 Å². The number of hydrogen-bond donors (Lipinski definition) is 0. The molecule has 0 radical (unpaired) electrons. The van der Waals surface area contributed by atoms with Crippen LogP contribution in [0.1, 0.15) is 37.0 Å². The molecule has 1 saturated heterocycles. The van der Waals surface area contributed by atoms with Crippen LogP contribution in [0.3, 0.4) is 0 Å². The molecular weight excluding hydrogens is 320 g/mol. The van der Waals surface area contributed by atoms with Crippen molar-refractivity contribution < 1.29 is 9.59 Å². The Labute approximate surface area is 148 Å². The van der Waals surface area contributed by atoms with Gasteiger partial charge in [0.05, 0.1) is 0 Å². The first-order valence-electron chi connectivity index (χ1n) is 8.59. The third-order valence-corrected chi connectivity index (χ3v) is 5.46. The Morgan fingerprint density at radius 1 is 1.21 bits per heavy atom. The highest BCUT2D eigenvalue weighted by Gasteiger charge is 2.37. The maximum absolute atomic E-state index is 12.9. The number of benzene rings is 1. The number of nitrogens with zero attached hydrogens (tertiary/aromatic N) is 2. The smallest absolute Gasteiger partial charge is 0.254 e. The molecule has 1 heterocycles. The van der Waals surface area contributed by atoms with Gasteiger partial charge in [-0.1, -0.05) is 13.8 Å². The summed E-state index contributed by atoms with van der Waals surface area (Å²) in [4.78, 5) is 30.3. The van der Waals surface area contributed by atoms with E-state index in [1.54, 1.807) is 16.7 Å². The molecular formula is C19H26N2O2S. The summed E-state index contributed by atoms with van der Waals surface area (Å²) in [5.74, 6) is 0.713. The van der Waals surface area contributed by atoms with Crippen LogP contribution >= 0.6 is 11.8 Å². The molecule has 2 fully saturated rings. The zero-order valence-corrected chi connectivity index (χ0v) is 15.6. The average Bonchev–Trinajstić information content (AvgIpc) is 3.36. The Balaban J connectivity index is 1.76. The van der Waals surface area contributed by atoms with E-state index >= 15 is 0 Å². The lowest BCUT2D eigenvalue weighted by Gasteiger charge is -2.30. The van der Waals surface area contributed by atoms with Crippen molar-refractivity contribution >= 4 is 23.6 Å². The molecule has 1 aromatic carbocycles. The normalized spacial score (nSPS) is 20.9. The van der Waals surface area contributed by atoms with Crippen LogP contribution in [-0.4, -0.2) is 54.0 Å². The van der Waals surface area contributed by atoms with Gasteiger partial charge in [0.2, 0.25) is 5.91 Å². The average molecular weight is 346 g/mol. The third kappa shape index (κ3) is 4.12. The second-order valence-corrected chi connectivity index (χ2v) is 8.65. The second kappa shape index (κ2) is 6.79. The monoisotopic (exact) mass is 346 g/mol. The lowest BCUT2D eigenvalue weighted by Crippen LogP contribution is -2.40. The van der Waals surface area contributed by atoms with E-state index in [4.69, 9.17) is 0 Å². The molecule has 1 aliphatic carbocycles. The summed E-state index contributed by atoms with van der Waals surface area (Å²) in [6.07, 6.45) is 4.48. The van der Waals surface area contributed by atoms with Crippen molar-refractivity contribution in [1.82, 2.24) is 9.80 Å². The summed E-state index contributed by atoms with van der Waals surface area (Å²) >= 11 is 1.65. The quantitative estimate of drug-likeness (QED) is 0.787. The number of amides is 2. The van der Waals surface area contributed by atoms with Crippen LogP contribution in [0.25, 0.3) is 0 Å². The van der Waals surface area contributed by atoms with Crippen molar-refractivity contribution in [3.05, 3.63) is 29.8 Å². The van der Waals surface area contributed by atoms with Crippen molar-refractivity contribution in [2.75, 3.05) is 32.4 Å². The molecule has 0 spiro atoms. The fraction of sp³-hybridized carbons (Fsp3) is 0.579. The molecule has 1 saturated carbocycles. The van der Waals surface area contributed by atoms with Crippen LogP contribution in [-0.2, 0) is 4.79 Å². The summed E-state index contributed by atoms with van der Waals surface area (Å²) in [7, 11) is 0. The van der Waals surface area contributed by atoms with Gasteiger partial charge in [-0.05, 0) is 54.7 Å². The summed E-state index contributed by atoms with van der Waals surface area (Å²) in [6.45, 7) is 6.68. The number of thioether (sulfide) groups is 1. The van der Waals surface area contributed by atoms with Crippen LogP contribution in [0, 0.1) is 11.3 Å². The van der Waals surface area contributed by atoms with Gasteiger partial charge in [-0.3, -0.25) is 9.59 Å². The van der Waals surface area contributed by atoms with Gasteiger partial charge >= 0.3 is 0 Å². The minimum absolute atomic E-state index is 0.0441. The van der Waals surface area contributed by atoms with Gasteiger partial charge in [-0.15, -0.1) is 11.8 Å². The van der Waals surface area contributed by atoms with E-state index in [-0.39, 0.29) is 23.8 Å². The van der Waals surface area contributed by atoms with E-state index in [0.29, 0.717) is 18.0 Å². The highest BCUT2D eigenvalue weighted by molar-refractivity contribution is 7.98. The van der Waals surface area contributed by atoms with Gasteiger partial charge in [-0.25, -0.2) is 0 Å². The molecule has 0 bridgehead atoms. The molecule has 2 amide bonds. The lowest BCUT2D eigenvalue weighted by atomic mass is 9.92. The van der Waals surface area contributed by atoms with Crippen LogP contribution < -0.4 is 0 Å². The van der Waals surface area contributed by atoms with E-state index in [9.17, 15) is 9.59 Å². The number of carbonyl (C=O) groups is 2. The zero-order valence-electron chi connectivity index (χ0n) is 14.7. The van der Waals surface area contributed by atoms with Gasteiger partial charge in [0.1, 0.15) is 6.54 Å². The lowest BCUT2D eigenvalue weighted by molar-refractivity contribution is -0.131. The zero-order chi connectivity index (χ0) is 17.3. The van der Waals surface area contributed by atoms with Gasteiger partial charge < -0.3 is 9.80 Å². The largest absolute Gasteiger partial charge is 0.340 e. The summed E-state index contributed by atoms with van der Waals surface area (Å²) in [6, 6.07) is 7.64. The predicted molar refractivity (Wildman–Crippen MR) is 97.2 cm³/mol. The summed E-state index contributed by atoms with van der Waals surface area (Å²) in [5, 5.41) is 0. The number of carbonyl (C=O) groups excluding carboxylic acids is 2. The molecule has 0 atom stereocenters. The second-order valence-electron chi connectivity index (χ2n) is 7.77. The van der Waals surface area contributed by atoms with E-state index in [1.165, 1.54) is 12.8 Å². The van der Waals surface area contributed by atoms with E-state index in [0.717, 1.165) is 18.0 Å². The van der Waals surface area contributed by atoms with Gasteiger partial charge in [-0.2, -0.15) is 0 Å². The van der Waals surface area contributed by atoms with E-state index in [1.807, 2.05) is 35.4 Å². The first-order valence-corrected chi connectivity index (χ1v) is 9.81. The van der Waals surface area contributed by atoms with Crippen LogP contribution in [0.2, 0.25) is 0 Å². The molecule has 1 aromatic rings. The van der Waals surface area contributed by atoms with E-state index < -0.39 is 0 Å². The Morgan fingerprint density at radius 3 is 2.46 bits per heavy atom. The molecule has 3 rings (SSSR count). The van der Waals surface area contributed by atoms with Crippen molar-refractivity contribution in [2.24, 2.45) is 11.3 Å². The van der Waals surface area contributed by atoms with Crippen LogP contribution in [0.5, 0.6) is 0 Å². The number of rotatable bonds is 4. The van der Waals surface area contributed by atoms with Crippen molar-refractivity contribution in [1.29, 1.82) is 0 Å². The standard InChI is InChI=1S/C19H26N2O2S/c1-19(2)12-20(10-14-4-5-14)17(22)11-21(13-19)18(23)15-6-8-16(24-3)9-7-15/h6-9,14H,4-5,10-13H2,1-3H3. The van der Waals surface area contributed by atoms with Gasteiger partial charge in [0.15, 0.2) is 0 Å². The van der Waals surface area contributed by atoms with Crippen molar-refractivity contribution in [3.8, 4) is 0 Å². The maximum Gasteiger partial charge on any atom is 0.254 e. The number of hydrogen-bond acceptors (Lipinski definition) is 3. The third-order valence-electron chi connectivity index (χ3n) is 4.72. The molecule has 0 aromatic heterocycles. The molecule has 130 valence electrons. The SMILES string of the molecule is CSc1ccc(C(=O)N2CC(=O)N(CC3CC3)CC(C)(C)C2)cc1. The predicted octanol–water partition coefficient (Wildman–Crippen LogP) is 3.13. The summed E-state index contributed by atoms with van der Waals surface area (Å²) < 4.78 is 0. The highest BCUT2D eigenvalue weighted by Crippen LogP contribution is 2.32. The molecule has 2 aliphatic rings. The highest BCUT2D eigenvalue weighted by atomic mass is 32.2. The minimum Gasteiger partial charge on any atom is -0.340 e. The maximum atomic E-state index is 12.9. The molecule has 4 nitrogen and oxygen atoms in total. The fourth-order valence-corrected chi connectivity index (χ4v) is 3.74.